The molecule has 0 aliphatic heterocycles. The van der Waals surface area contributed by atoms with Gasteiger partial charge in [0, 0.05) is 24.8 Å². The standard InChI is InChI=1S/C15H26N4O/c1-5-16-14-13(10(3)4)15(18-9-17-14)19-11-7-12(8-11)20-6-2/h9-12H,5-8H2,1-4H3,(H2,16,17,18,19). The largest absolute Gasteiger partial charge is 0.378 e. The lowest BCUT2D eigenvalue weighted by Crippen LogP contribution is -2.41. The molecule has 20 heavy (non-hydrogen) atoms. The van der Waals surface area contributed by atoms with Gasteiger partial charge in [0.15, 0.2) is 0 Å². The van der Waals surface area contributed by atoms with Crippen LogP contribution in [0.5, 0.6) is 0 Å². The summed E-state index contributed by atoms with van der Waals surface area (Å²) in [5, 5.41) is 6.86. The number of hydrogen-bond acceptors (Lipinski definition) is 5. The number of aromatic nitrogens is 2. The van der Waals surface area contributed by atoms with Crippen LogP contribution in [-0.2, 0) is 4.74 Å². The quantitative estimate of drug-likeness (QED) is 0.803. The molecule has 0 saturated heterocycles. The van der Waals surface area contributed by atoms with Crippen LogP contribution in [0.1, 0.15) is 52.0 Å². The number of nitrogens with zero attached hydrogens (tertiary/aromatic N) is 2. The molecule has 2 N–H and O–H groups in total. The molecule has 1 aromatic heterocycles. The highest BCUT2D eigenvalue weighted by atomic mass is 16.5. The predicted molar refractivity (Wildman–Crippen MR) is 82.3 cm³/mol. The van der Waals surface area contributed by atoms with Crippen molar-refractivity contribution in [2.45, 2.75) is 58.6 Å². The summed E-state index contributed by atoms with van der Waals surface area (Å²) in [6.07, 6.45) is 4.16. The van der Waals surface area contributed by atoms with Crippen LogP contribution in [0, 0.1) is 0 Å². The minimum absolute atomic E-state index is 0.385. The molecule has 0 unspecified atom stereocenters. The first-order chi connectivity index (χ1) is 9.65. The molecule has 0 atom stereocenters. The lowest BCUT2D eigenvalue weighted by atomic mass is 9.89. The summed E-state index contributed by atoms with van der Waals surface area (Å²) in [6, 6.07) is 0.466. The molecule has 0 bridgehead atoms. The van der Waals surface area contributed by atoms with Gasteiger partial charge in [0.05, 0.1) is 6.10 Å². The highest BCUT2D eigenvalue weighted by molar-refractivity contribution is 5.59. The molecule has 0 spiro atoms. The molecule has 1 heterocycles. The van der Waals surface area contributed by atoms with Gasteiger partial charge in [0.25, 0.3) is 0 Å². The van der Waals surface area contributed by atoms with Crippen molar-refractivity contribution in [2.24, 2.45) is 0 Å². The van der Waals surface area contributed by atoms with Gasteiger partial charge in [0.2, 0.25) is 0 Å². The molecule has 5 nitrogen and oxygen atoms in total. The number of ether oxygens (including phenoxy) is 1. The first kappa shape index (κ1) is 15.0. The van der Waals surface area contributed by atoms with Crippen molar-refractivity contribution in [3.05, 3.63) is 11.9 Å². The third-order valence-corrected chi connectivity index (χ3v) is 3.64. The second-order valence-corrected chi connectivity index (χ2v) is 5.56. The van der Waals surface area contributed by atoms with Crippen LogP contribution in [-0.4, -0.2) is 35.3 Å². The Morgan fingerprint density at radius 1 is 1.25 bits per heavy atom. The Hall–Kier alpha value is -1.36. The van der Waals surface area contributed by atoms with E-state index in [4.69, 9.17) is 4.74 Å². The molecule has 1 aromatic rings. The van der Waals surface area contributed by atoms with E-state index in [1.54, 1.807) is 6.33 Å². The molecule has 112 valence electrons. The van der Waals surface area contributed by atoms with E-state index in [2.05, 4.69) is 41.4 Å². The SMILES string of the molecule is CCNc1ncnc(NC2CC(OCC)C2)c1C(C)C. The molecular weight excluding hydrogens is 252 g/mol. The van der Waals surface area contributed by atoms with E-state index in [1.807, 2.05) is 6.92 Å². The first-order valence-corrected chi connectivity index (χ1v) is 7.62. The zero-order chi connectivity index (χ0) is 14.5. The first-order valence-electron chi connectivity index (χ1n) is 7.62. The molecule has 5 heteroatoms. The Bertz CT molecular complexity index is 430. The van der Waals surface area contributed by atoms with Crippen LogP contribution in [0.3, 0.4) is 0 Å². The normalized spacial score (nSPS) is 21.6. The second kappa shape index (κ2) is 6.88. The Labute approximate surface area is 121 Å². The Morgan fingerprint density at radius 3 is 2.55 bits per heavy atom. The maximum atomic E-state index is 5.60. The van der Waals surface area contributed by atoms with E-state index in [0.29, 0.717) is 18.1 Å². The van der Waals surface area contributed by atoms with Crippen molar-refractivity contribution in [3.8, 4) is 0 Å². The molecule has 1 saturated carbocycles. The highest BCUT2D eigenvalue weighted by Gasteiger charge is 2.30. The number of anilines is 2. The Morgan fingerprint density at radius 2 is 1.95 bits per heavy atom. The average Bonchev–Trinajstić information content (AvgIpc) is 2.36. The third-order valence-electron chi connectivity index (χ3n) is 3.64. The van der Waals surface area contributed by atoms with Crippen molar-refractivity contribution >= 4 is 11.6 Å². The lowest BCUT2D eigenvalue weighted by Gasteiger charge is -2.36. The summed E-state index contributed by atoms with van der Waals surface area (Å²) in [4.78, 5) is 8.79. The fourth-order valence-corrected chi connectivity index (χ4v) is 2.61. The summed E-state index contributed by atoms with van der Waals surface area (Å²) in [6.45, 7) is 10.1. The van der Waals surface area contributed by atoms with Crippen molar-refractivity contribution < 1.29 is 4.74 Å². The van der Waals surface area contributed by atoms with Gasteiger partial charge in [-0.2, -0.15) is 0 Å². The fraction of sp³-hybridized carbons (Fsp3) is 0.733. The van der Waals surface area contributed by atoms with E-state index in [9.17, 15) is 0 Å². The maximum Gasteiger partial charge on any atom is 0.135 e. The minimum atomic E-state index is 0.385. The number of nitrogens with one attached hydrogen (secondary N) is 2. The monoisotopic (exact) mass is 278 g/mol. The van der Waals surface area contributed by atoms with E-state index in [1.165, 1.54) is 5.56 Å². The highest BCUT2D eigenvalue weighted by Crippen LogP contribution is 2.32. The smallest absolute Gasteiger partial charge is 0.135 e. The minimum Gasteiger partial charge on any atom is -0.378 e. The Kier molecular flexibility index (Phi) is 5.17. The molecule has 1 fully saturated rings. The molecule has 1 aliphatic carbocycles. The van der Waals surface area contributed by atoms with E-state index in [-0.39, 0.29) is 0 Å². The summed E-state index contributed by atoms with van der Waals surface area (Å²) >= 11 is 0. The van der Waals surface area contributed by atoms with Gasteiger partial charge in [-0.05, 0) is 32.6 Å². The summed E-state index contributed by atoms with van der Waals surface area (Å²) in [5.74, 6) is 2.29. The van der Waals surface area contributed by atoms with Gasteiger partial charge < -0.3 is 15.4 Å². The van der Waals surface area contributed by atoms with E-state index in [0.717, 1.165) is 37.6 Å². The van der Waals surface area contributed by atoms with Gasteiger partial charge >= 0.3 is 0 Å². The number of hydrogen-bond donors (Lipinski definition) is 2. The molecule has 0 amide bonds. The summed E-state index contributed by atoms with van der Waals surface area (Å²) < 4.78 is 5.60. The molecule has 0 aromatic carbocycles. The fourth-order valence-electron chi connectivity index (χ4n) is 2.61. The van der Waals surface area contributed by atoms with Gasteiger partial charge in [0.1, 0.15) is 18.0 Å². The van der Waals surface area contributed by atoms with E-state index >= 15 is 0 Å². The van der Waals surface area contributed by atoms with E-state index < -0.39 is 0 Å². The zero-order valence-electron chi connectivity index (χ0n) is 12.9. The average molecular weight is 278 g/mol. The lowest BCUT2D eigenvalue weighted by molar-refractivity contribution is 0.00291. The zero-order valence-corrected chi connectivity index (χ0v) is 12.9. The Balaban J connectivity index is 2.06. The summed E-state index contributed by atoms with van der Waals surface area (Å²) in [5.41, 5.74) is 1.18. The van der Waals surface area contributed by atoms with Crippen LogP contribution in [0.4, 0.5) is 11.6 Å². The van der Waals surface area contributed by atoms with Gasteiger partial charge in [-0.3, -0.25) is 0 Å². The van der Waals surface area contributed by atoms with Crippen molar-refractivity contribution in [1.29, 1.82) is 0 Å². The topological polar surface area (TPSA) is 59.1 Å². The molecule has 0 radical (unpaired) electrons. The van der Waals surface area contributed by atoms with Crippen LogP contribution < -0.4 is 10.6 Å². The van der Waals surface area contributed by atoms with Crippen molar-refractivity contribution in [3.63, 3.8) is 0 Å². The van der Waals surface area contributed by atoms with Crippen LogP contribution in [0.2, 0.25) is 0 Å². The predicted octanol–water partition coefficient (Wildman–Crippen LogP) is 3.01. The van der Waals surface area contributed by atoms with Crippen LogP contribution in [0.15, 0.2) is 6.33 Å². The van der Waals surface area contributed by atoms with Gasteiger partial charge in [-0.25, -0.2) is 9.97 Å². The molecule has 2 rings (SSSR count). The van der Waals surface area contributed by atoms with Crippen molar-refractivity contribution in [1.82, 2.24) is 9.97 Å². The van der Waals surface area contributed by atoms with Crippen molar-refractivity contribution in [2.75, 3.05) is 23.8 Å². The van der Waals surface area contributed by atoms with Crippen LogP contribution >= 0.6 is 0 Å². The van der Waals surface area contributed by atoms with Gasteiger partial charge in [-0.1, -0.05) is 13.8 Å². The van der Waals surface area contributed by atoms with Gasteiger partial charge in [-0.15, -0.1) is 0 Å². The molecular formula is C15H26N4O. The molecule has 1 aliphatic rings. The number of rotatable bonds is 7. The maximum absolute atomic E-state index is 5.60. The summed E-state index contributed by atoms with van der Waals surface area (Å²) in [7, 11) is 0. The second-order valence-electron chi connectivity index (χ2n) is 5.56. The van der Waals surface area contributed by atoms with Crippen LogP contribution in [0.25, 0.3) is 0 Å². The third kappa shape index (κ3) is 3.39.